The zero-order chi connectivity index (χ0) is 21.8. The number of ether oxygens (including phenoxy) is 2. The van der Waals surface area contributed by atoms with Crippen LogP contribution in [0, 0.1) is 5.82 Å². The number of pyridine rings is 1. The maximum Gasteiger partial charge on any atom is 0.166 e. The van der Waals surface area contributed by atoms with Crippen molar-refractivity contribution < 1.29 is 13.9 Å². The molecule has 0 spiro atoms. The average molecular weight is 467 g/mol. The molecule has 0 bridgehead atoms. The minimum absolute atomic E-state index is 0.00239. The summed E-state index contributed by atoms with van der Waals surface area (Å²) in [6.07, 6.45) is 2.01. The maximum absolute atomic E-state index is 13.7. The van der Waals surface area contributed by atoms with Gasteiger partial charge in [-0.05, 0) is 54.5 Å². The third-order valence-corrected chi connectivity index (χ3v) is 6.72. The lowest BCUT2D eigenvalue weighted by Gasteiger charge is -2.15. The van der Waals surface area contributed by atoms with E-state index in [0.29, 0.717) is 22.8 Å². The highest BCUT2D eigenvalue weighted by molar-refractivity contribution is 7.64. The molecule has 30 heavy (non-hydrogen) atoms. The van der Waals surface area contributed by atoms with Gasteiger partial charge in [-0.3, -0.25) is 0 Å². The minimum Gasteiger partial charge on any atom is -0.496 e. The van der Waals surface area contributed by atoms with Gasteiger partial charge < -0.3 is 15.2 Å². The summed E-state index contributed by atoms with van der Waals surface area (Å²) in [5.74, 6) is 0.934. The van der Waals surface area contributed by atoms with Gasteiger partial charge in [-0.15, -0.1) is 0 Å². The molecule has 0 atom stereocenters. The van der Waals surface area contributed by atoms with Crippen molar-refractivity contribution in [1.29, 1.82) is 0 Å². The molecule has 0 unspecified atom stereocenters. The number of anilines is 1. The van der Waals surface area contributed by atoms with Crippen molar-refractivity contribution in [3.05, 3.63) is 64.0 Å². The number of nitrogens with zero attached hydrogens (tertiary/aromatic N) is 1. The van der Waals surface area contributed by atoms with Crippen LogP contribution in [-0.2, 0) is 6.42 Å². The first-order chi connectivity index (χ1) is 14.3. The van der Waals surface area contributed by atoms with E-state index < -0.39 is 5.82 Å². The van der Waals surface area contributed by atoms with Crippen LogP contribution in [-0.4, -0.2) is 32.0 Å². The molecule has 0 aliphatic heterocycles. The second kappa shape index (κ2) is 9.82. The molecule has 0 saturated heterocycles. The van der Waals surface area contributed by atoms with Crippen LogP contribution in [0.1, 0.15) is 5.56 Å². The van der Waals surface area contributed by atoms with E-state index in [0.717, 1.165) is 16.9 Å². The molecule has 158 valence electrons. The summed E-state index contributed by atoms with van der Waals surface area (Å²) in [5.41, 5.74) is 8.20. The summed E-state index contributed by atoms with van der Waals surface area (Å²) >= 11 is 12.2. The minimum atomic E-state index is -0.516. The van der Waals surface area contributed by atoms with Gasteiger partial charge in [-0.2, -0.15) is 0 Å². The lowest BCUT2D eigenvalue weighted by molar-refractivity contribution is 0.322. The molecular formula is C22H22Cl2FN2O2P. The van der Waals surface area contributed by atoms with E-state index in [1.54, 1.807) is 13.3 Å². The molecule has 0 aliphatic carbocycles. The molecule has 2 aromatic carbocycles. The monoisotopic (exact) mass is 466 g/mol. The topological polar surface area (TPSA) is 57.4 Å². The van der Waals surface area contributed by atoms with E-state index in [2.05, 4.69) is 24.4 Å². The molecule has 0 fully saturated rings. The van der Waals surface area contributed by atoms with E-state index in [4.69, 9.17) is 38.4 Å². The standard InChI is InChI=1S/C22H22Cl2FN2O2P/c1-28-19-11-14(30(2)3)4-5-15(19)13-10-20(22(26)27-12-13)29-9-8-16-17(23)6-7-18(25)21(16)24/h4-7,10-12H,8-9H2,1-3H3,(H2,26,27). The maximum atomic E-state index is 13.7. The van der Waals surface area contributed by atoms with E-state index >= 15 is 0 Å². The molecule has 1 heterocycles. The highest BCUT2D eigenvalue weighted by Gasteiger charge is 2.14. The predicted octanol–water partition coefficient (Wildman–Crippen LogP) is 5.77. The van der Waals surface area contributed by atoms with Gasteiger partial charge in [0.25, 0.3) is 0 Å². The normalized spacial score (nSPS) is 11.0. The Morgan fingerprint density at radius 2 is 1.87 bits per heavy atom. The number of hydrogen-bond acceptors (Lipinski definition) is 4. The fraction of sp³-hybridized carbons (Fsp3) is 0.227. The number of nitrogen functional groups attached to an aromatic ring is 1. The summed E-state index contributed by atoms with van der Waals surface area (Å²) in [6.45, 7) is 4.60. The van der Waals surface area contributed by atoms with Gasteiger partial charge in [0.1, 0.15) is 11.6 Å². The SMILES string of the molecule is COc1cc(P(C)C)ccc1-c1cnc(N)c(OCCc2c(Cl)ccc(F)c2Cl)c1. The highest BCUT2D eigenvalue weighted by atomic mass is 35.5. The van der Waals surface area contributed by atoms with Gasteiger partial charge in [0.2, 0.25) is 0 Å². The van der Waals surface area contributed by atoms with Crippen LogP contribution in [0.4, 0.5) is 10.2 Å². The summed E-state index contributed by atoms with van der Waals surface area (Å²) in [7, 11) is 1.41. The van der Waals surface area contributed by atoms with E-state index in [-0.39, 0.29) is 25.4 Å². The van der Waals surface area contributed by atoms with Gasteiger partial charge in [-0.25, -0.2) is 9.37 Å². The first-order valence-corrected chi connectivity index (χ1v) is 12.2. The molecule has 8 heteroatoms. The average Bonchev–Trinajstić information content (AvgIpc) is 2.74. The molecule has 2 N–H and O–H groups in total. The van der Waals surface area contributed by atoms with Crippen molar-refractivity contribution in [2.45, 2.75) is 6.42 Å². The van der Waals surface area contributed by atoms with Crippen molar-refractivity contribution in [3.63, 3.8) is 0 Å². The Morgan fingerprint density at radius 1 is 1.10 bits per heavy atom. The van der Waals surface area contributed by atoms with Crippen molar-refractivity contribution in [2.75, 3.05) is 32.8 Å². The largest absolute Gasteiger partial charge is 0.496 e. The molecule has 0 saturated carbocycles. The quantitative estimate of drug-likeness (QED) is 0.354. The molecule has 4 nitrogen and oxygen atoms in total. The number of halogens is 3. The lowest BCUT2D eigenvalue weighted by Crippen LogP contribution is -2.06. The Bertz CT molecular complexity index is 1060. The van der Waals surface area contributed by atoms with Gasteiger partial charge in [-0.1, -0.05) is 37.2 Å². The molecule has 1 aromatic heterocycles. The Kier molecular flexibility index (Phi) is 7.41. The first-order valence-electron chi connectivity index (χ1n) is 9.18. The summed E-state index contributed by atoms with van der Waals surface area (Å²) in [4.78, 5) is 4.25. The number of aromatic nitrogens is 1. The summed E-state index contributed by atoms with van der Waals surface area (Å²) in [5, 5.41) is 1.64. The summed E-state index contributed by atoms with van der Waals surface area (Å²) < 4.78 is 25.1. The highest BCUT2D eigenvalue weighted by Crippen LogP contribution is 2.35. The van der Waals surface area contributed by atoms with Gasteiger partial charge in [0.05, 0.1) is 18.7 Å². The third kappa shape index (κ3) is 4.97. The van der Waals surface area contributed by atoms with Crippen LogP contribution < -0.4 is 20.5 Å². The molecule has 0 aliphatic rings. The van der Waals surface area contributed by atoms with Crippen molar-refractivity contribution in [1.82, 2.24) is 4.98 Å². The number of nitrogens with two attached hydrogens (primary N) is 1. The molecule has 3 rings (SSSR count). The Balaban J connectivity index is 1.82. The van der Waals surface area contributed by atoms with Crippen molar-refractivity contribution in [2.24, 2.45) is 0 Å². The zero-order valence-electron chi connectivity index (χ0n) is 16.9. The molecule has 3 aromatic rings. The predicted molar refractivity (Wildman–Crippen MR) is 125 cm³/mol. The third-order valence-electron chi connectivity index (χ3n) is 4.64. The van der Waals surface area contributed by atoms with E-state index in [9.17, 15) is 4.39 Å². The Morgan fingerprint density at radius 3 is 2.57 bits per heavy atom. The fourth-order valence-corrected chi connectivity index (χ4v) is 4.28. The van der Waals surface area contributed by atoms with Crippen LogP contribution in [0.25, 0.3) is 11.1 Å². The first kappa shape index (κ1) is 22.6. The van der Waals surface area contributed by atoms with Crippen molar-refractivity contribution in [3.8, 4) is 22.6 Å². The molecule has 0 radical (unpaired) electrons. The Hall–Kier alpha value is -2.07. The fourth-order valence-electron chi connectivity index (χ4n) is 2.98. The smallest absolute Gasteiger partial charge is 0.166 e. The summed E-state index contributed by atoms with van der Waals surface area (Å²) in [6, 6.07) is 10.7. The number of methoxy groups -OCH3 is 1. The zero-order valence-corrected chi connectivity index (χ0v) is 19.3. The van der Waals surface area contributed by atoms with Crippen molar-refractivity contribution >= 4 is 42.2 Å². The van der Waals surface area contributed by atoms with Gasteiger partial charge in [0.15, 0.2) is 11.6 Å². The second-order valence-electron chi connectivity index (χ2n) is 6.81. The van der Waals surface area contributed by atoms with E-state index in [1.165, 1.54) is 17.4 Å². The van der Waals surface area contributed by atoms with Crippen LogP contribution in [0.3, 0.4) is 0 Å². The number of hydrogen-bond donors (Lipinski definition) is 1. The van der Waals surface area contributed by atoms with Crippen LogP contribution in [0.2, 0.25) is 10.0 Å². The molecule has 0 amide bonds. The van der Waals surface area contributed by atoms with Gasteiger partial charge >= 0.3 is 0 Å². The van der Waals surface area contributed by atoms with Gasteiger partial charge in [0, 0.05) is 28.8 Å². The molecular weight excluding hydrogens is 445 g/mol. The second-order valence-corrected chi connectivity index (χ2v) is 9.90. The van der Waals surface area contributed by atoms with Crippen LogP contribution >= 0.6 is 31.1 Å². The van der Waals surface area contributed by atoms with E-state index in [1.807, 2.05) is 18.2 Å². The number of rotatable bonds is 7. The number of benzene rings is 2. The van der Waals surface area contributed by atoms with Crippen LogP contribution in [0.5, 0.6) is 11.5 Å². The Labute approximate surface area is 186 Å². The van der Waals surface area contributed by atoms with Crippen LogP contribution in [0.15, 0.2) is 42.6 Å². The lowest BCUT2D eigenvalue weighted by atomic mass is 10.1.